The maximum absolute atomic E-state index is 13.1. The number of hydrogen-bond donors (Lipinski definition) is 3. The minimum absolute atomic E-state index is 0.107. The number of carbonyl (C=O) groups excluding carboxylic acids is 4. The maximum atomic E-state index is 13.1. The van der Waals surface area contributed by atoms with E-state index in [1.807, 2.05) is 0 Å². The van der Waals surface area contributed by atoms with E-state index in [1.165, 1.54) is 244 Å². The van der Waals surface area contributed by atoms with E-state index < -0.39 is 97.5 Å². The molecule has 17 nitrogen and oxygen atoms in total. The molecule has 19 heteroatoms. The summed E-state index contributed by atoms with van der Waals surface area (Å²) in [7, 11) is -9.91. The van der Waals surface area contributed by atoms with Gasteiger partial charge in [-0.25, -0.2) is 9.13 Å². The van der Waals surface area contributed by atoms with E-state index in [0.29, 0.717) is 25.7 Å². The van der Waals surface area contributed by atoms with Crippen LogP contribution in [-0.4, -0.2) is 96.7 Å². The van der Waals surface area contributed by atoms with Gasteiger partial charge < -0.3 is 33.8 Å². The molecule has 0 rings (SSSR count). The zero-order valence-electron chi connectivity index (χ0n) is 63.9. The smallest absolute Gasteiger partial charge is 0.462 e. The lowest BCUT2D eigenvalue weighted by molar-refractivity contribution is -0.161. The average Bonchev–Trinajstić information content (AvgIpc) is 1.10. The molecule has 0 heterocycles. The second kappa shape index (κ2) is 72.0. The van der Waals surface area contributed by atoms with Crippen LogP contribution in [0.3, 0.4) is 0 Å². The minimum atomic E-state index is -4.96. The van der Waals surface area contributed by atoms with Crippen LogP contribution >= 0.6 is 15.6 Å². The number of aliphatic hydroxyl groups excluding tert-OH is 1. The molecule has 5 atom stereocenters. The molecular weight excluding hydrogens is 1280 g/mol. The van der Waals surface area contributed by atoms with Gasteiger partial charge in [-0.2, -0.15) is 0 Å². The predicted molar refractivity (Wildman–Crippen MR) is 400 cm³/mol. The van der Waals surface area contributed by atoms with Gasteiger partial charge in [0.25, 0.3) is 0 Å². The monoisotopic (exact) mass is 1440 g/mol. The van der Waals surface area contributed by atoms with Crippen LogP contribution in [0, 0.1) is 5.92 Å². The highest BCUT2D eigenvalue weighted by atomic mass is 31.2. The molecule has 0 saturated heterocycles. The fraction of sp³-hybridized carbons (Fsp3) is 0.949. The summed E-state index contributed by atoms with van der Waals surface area (Å²) in [6.07, 6.45) is 62.5. The van der Waals surface area contributed by atoms with Crippen LogP contribution in [0.5, 0.6) is 0 Å². The van der Waals surface area contributed by atoms with E-state index >= 15 is 0 Å². The van der Waals surface area contributed by atoms with Gasteiger partial charge in [0.2, 0.25) is 0 Å². The molecule has 0 amide bonds. The lowest BCUT2D eigenvalue weighted by Gasteiger charge is -2.21. The van der Waals surface area contributed by atoms with Gasteiger partial charge in [-0.05, 0) is 31.6 Å². The molecule has 0 aromatic heterocycles. The van der Waals surface area contributed by atoms with Crippen molar-refractivity contribution in [2.75, 3.05) is 39.6 Å². The Morgan fingerprint density at radius 1 is 0.276 bits per heavy atom. The Balaban J connectivity index is 5.19. The quantitative estimate of drug-likeness (QED) is 0.0222. The highest BCUT2D eigenvalue weighted by molar-refractivity contribution is 7.47. The Hall–Kier alpha value is -1.94. The number of hydrogen-bond acceptors (Lipinski definition) is 15. The van der Waals surface area contributed by atoms with Crippen LogP contribution in [0.1, 0.15) is 420 Å². The van der Waals surface area contributed by atoms with Gasteiger partial charge in [0.15, 0.2) is 12.2 Å². The topological polar surface area (TPSA) is 237 Å². The predicted octanol–water partition coefficient (Wildman–Crippen LogP) is 23.6. The molecule has 582 valence electrons. The average molecular weight is 1440 g/mol. The zero-order chi connectivity index (χ0) is 71.9. The van der Waals surface area contributed by atoms with E-state index in [2.05, 4.69) is 34.6 Å². The number of esters is 4. The van der Waals surface area contributed by atoms with E-state index in [4.69, 9.17) is 37.0 Å². The first kappa shape index (κ1) is 96.1. The second-order valence-electron chi connectivity index (χ2n) is 28.9. The summed E-state index contributed by atoms with van der Waals surface area (Å²) in [6, 6.07) is 0. The number of unbranched alkanes of at least 4 members (excludes halogenated alkanes) is 51. The lowest BCUT2D eigenvalue weighted by Crippen LogP contribution is -2.30. The lowest BCUT2D eigenvalue weighted by atomic mass is 10.0. The molecule has 0 aliphatic carbocycles. The van der Waals surface area contributed by atoms with Crippen molar-refractivity contribution in [1.82, 2.24) is 0 Å². The molecule has 0 aromatic rings. The van der Waals surface area contributed by atoms with Crippen LogP contribution in [0.2, 0.25) is 0 Å². The third-order valence-electron chi connectivity index (χ3n) is 18.5. The third-order valence-corrected chi connectivity index (χ3v) is 20.4. The molecule has 0 bridgehead atoms. The summed E-state index contributed by atoms with van der Waals surface area (Å²) in [5.74, 6) is -1.30. The van der Waals surface area contributed by atoms with E-state index in [-0.39, 0.29) is 25.7 Å². The highest BCUT2D eigenvalue weighted by Gasteiger charge is 2.30. The summed E-state index contributed by atoms with van der Waals surface area (Å²) in [5.41, 5.74) is 0. The van der Waals surface area contributed by atoms with Crippen molar-refractivity contribution in [3.8, 4) is 0 Å². The molecule has 0 radical (unpaired) electrons. The van der Waals surface area contributed by atoms with Crippen LogP contribution in [-0.2, 0) is 65.4 Å². The summed E-state index contributed by atoms with van der Waals surface area (Å²) in [4.78, 5) is 72.8. The number of carbonyl (C=O) groups is 4. The summed E-state index contributed by atoms with van der Waals surface area (Å²) < 4.78 is 68.6. The number of aliphatic hydroxyl groups is 1. The molecule has 0 aromatic carbocycles. The normalized spacial score (nSPS) is 13.9. The number of phosphoric ester groups is 2. The van der Waals surface area contributed by atoms with Crippen LogP contribution in [0.25, 0.3) is 0 Å². The first-order valence-electron chi connectivity index (χ1n) is 41.1. The molecule has 98 heavy (non-hydrogen) atoms. The van der Waals surface area contributed by atoms with E-state index in [9.17, 15) is 43.2 Å². The summed E-state index contributed by atoms with van der Waals surface area (Å²) >= 11 is 0. The van der Waals surface area contributed by atoms with Crippen molar-refractivity contribution in [3.63, 3.8) is 0 Å². The molecule has 2 unspecified atom stereocenters. The first-order valence-corrected chi connectivity index (χ1v) is 44.1. The Morgan fingerprint density at radius 2 is 0.469 bits per heavy atom. The van der Waals surface area contributed by atoms with Gasteiger partial charge in [0.1, 0.15) is 19.3 Å². The zero-order valence-corrected chi connectivity index (χ0v) is 65.7. The first-order chi connectivity index (χ1) is 47.5. The van der Waals surface area contributed by atoms with Gasteiger partial charge in [-0.1, -0.05) is 369 Å². The molecule has 0 fully saturated rings. The van der Waals surface area contributed by atoms with Crippen molar-refractivity contribution in [2.45, 2.75) is 438 Å². The largest absolute Gasteiger partial charge is 0.472 e. The Labute approximate surface area is 600 Å². The highest BCUT2D eigenvalue weighted by Crippen LogP contribution is 2.45. The Bertz CT molecular complexity index is 1870. The van der Waals surface area contributed by atoms with E-state index in [1.54, 1.807) is 0 Å². The number of phosphoric acid groups is 2. The van der Waals surface area contributed by atoms with Crippen LogP contribution in [0.4, 0.5) is 0 Å². The van der Waals surface area contributed by atoms with Crippen molar-refractivity contribution in [3.05, 3.63) is 0 Å². The van der Waals surface area contributed by atoms with Crippen molar-refractivity contribution >= 4 is 39.5 Å². The molecule has 3 N–H and O–H groups in total. The minimum Gasteiger partial charge on any atom is -0.462 e. The SMILES string of the molecule is CCCCCCCCCCCCCCCCCCCCCCC(=O)O[C@H](COC(=O)CCCCCCCCCCCCCCCCCC(C)C)COP(=O)(O)OC[C@@H](O)COP(=O)(O)OC[C@@H](COC(=O)CCCCCCCCCCCC)OC(=O)CCCCCCCCCCCC. The summed E-state index contributed by atoms with van der Waals surface area (Å²) in [6.45, 7) is 7.32. The fourth-order valence-electron chi connectivity index (χ4n) is 12.2. The van der Waals surface area contributed by atoms with Gasteiger partial charge in [-0.3, -0.25) is 37.3 Å². The van der Waals surface area contributed by atoms with Crippen molar-refractivity contribution < 1.29 is 80.2 Å². The molecule has 0 spiro atoms. The second-order valence-corrected chi connectivity index (χ2v) is 31.8. The number of ether oxygens (including phenoxy) is 4. The number of rotatable bonds is 79. The maximum Gasteiger partial charge on any atom is 0.472 e. The molecular formula is C79H154O17P2. The standard InChI is InChI=1S/C79H154O17P2/c1-6-9-12-15-18-21-24-25-26-27-28-29-30-33-37-40-45-50-55-60-65-79(84)96-75(69-90-77(82)63-58-53-48-44-39-36-34-31-32-35-38-41-46-51-56-61-72(4)5)71-94-98(87,88)92-67-73(80)66-91-97(85,86)93-70-74(95-78(83)64-59-54-49-43-23-20-17-14-11-8-3)68-89-76(81)62-57-52-47-42-22-19-16-13-10-7-2/h72-75,80H,6-71H2,1-5H3,(H,85,86)(H,87,88)/t73-,74+,75+/m0/s1. The Morgan fingerprint density at radius 3 is 0.694 bits per heavy atom. The Kier molecular flexibility index (Phi) is 70.6. The summed E-state index contributed by atoms with van der Waals surface area (Å²) in [5, 5.41) is 10.6. The molecule has 0 saturated carbocycles. The van der Waals surface area contributed by atoms with Gasteiger partial charge in [0, 0.05) is 25.7 Å². The molecule has 0 aliphatic rings. The van der Waals surface area contributed by atoms with Crippen molar-refractivity contribution in [2.24, 2.45) is 5.92 Å². The van der Waals surface area contributed by atoms with Crippen LogP contribution < -0.4 is 0 Å². The third kappa shape index (κ3) is 72.4. The van der Waals surface area contributed by atoms with Gasteiger partial charge >= 0.3 is 39.5 Å². The molecule has 0 aliphatic heterocycles. The van der Waals surface area contributed by atoms with E-state index in [0.717, 1.165) is 95.8 Å². The fourth-order valence-corrected chi connectivity index (χ4v) is 13.8. The van der Waals surface area contributed by atoms with Crippen LogP contribution in [0.15, 0.2) is 0 Å². The van der Waals surface area contributed by atoms with Gasteiger partial charge in [0.05, 0.1) is 26.4 Å². The van der Waals surface area contributed by atoms with Crippen molar-refractivity contribution in [1.29, 1.82) is 0 Å². The van der Waals surface area contributed by atoms with Gasteiger partial charge in [-0.15, -0.1) is 0 Å².